The number of fused-ring (bicyclic) bond motifs is 1. The van der Waals surface area contributed by atoms with Crippen LogP contribution in [0.5, 0.6) is 0 Å². The molecule has 3 aliphatic rings. The molecule has 2 unspecified atom stereocenters. The Bertz CT molecular complexity index is 976. The molecule has 6 heteroatoms. The van der Waals surface area contributed by atoms with Crippen LogP contribution in [0.4, 0.5) is 0 Å². The lowest BCUT2D eigenvalue weighted by Crippen LogP contribution is -2.75. The first-order chi connectivity index (χ1) is 13.8. The van der Waals surface area contributed by atoms with Crippen molar-refractivity contribution in [2.75, 3.05) is 20.6 Å². The first kappa shape index (κ1) is 22.4. The summed E-state index contributed by atoms with van der Waals surface area (Å²) in [5.74, 6) is 0. The van der Waals surface area contributed by atoms with Gasteiger partial charge in [0.2, 0.25) is 0 Å². The molecule has 0 aromatic heterocycles. The third kappa shape index (κ3) is 2.56. The maximum absolute atomic E-state index is 12.9. The number of hydrogen-bond donors (Lipinski definition) is 0. The first-order valence-corrected chi connectivity index (χ1v) is 12.9. The lowest BCUT2D eigenvalue weighted by Gasteiger charge is -2.72. The second kappa shape index (κ2) is 6.82. The summed E-state index contributed by atoms with van der Waals surface area (Å²) < 4.78 is 27.4. The van der Waals surface area contributed by atoms with Gasteiger partial charge >= 0.3 is 0 Å². The molecule has 0 amide bonds. The summed E-state index contributed by atoms with van der Waals surface area (Å²) in [6, 6.07) is 5.12. The van der Waals surface area contributed by atoms with Crippen molar-refractivity contribution in [3.63, 3.8) is 0 Å². The van der Waals surface area contributed by atoms with Gasteiger partial charge in [0.05, 0.1) is 0 Å². The molecule has 0 N–H and O–H groups in total. The van der Waals surface area contributed by atoms with E-state index in [1.54, 1.807) is 18.2 Å². The number of aryl methyl sites for hydroxylation is 1. The Morgan fingerprint density at radius 1 is 1.17 bits per heavy atom. The average molecular weight is 429 g/mol. The summed E-state index contributed by atoms with van der Waals surface area (Å²) in [7, 11) is 0.712. The second-order valence-electron chi connectivity index (χ2n) is 10.9. The molecule has 1 saturated heterocycles. The number of benzene rings is 1. The Labute approximate surface area is 184 Å². The van der Waals surface area contributed by atoms with Crippen LogP contribution < -0.4 is 0 Å². The standard InChI is InChI=1S/C24H38BN2O2S/c1-16-9-10-18-15-20-23(5)12-11-19(27(8)30(28,29)25-6)22(3,4)24(23,13-14-26(20)7)21(18)17(16)2/h9-10,19-20H,11-15H2,1-8H3/t19?,20-,23?,24+/m1/s1. The third-order valence-corrected chi connectivity index (χ3v) is 11.4. The van der Waals surface area contributed by atoms with Crippen molar-refractivity contribution in [3.8, 4) is 0 Å². The minimum absolute atomic E-state index is 0.0123. The van der Waals surface area contributed by atoms with Gasteiger partial charge in [-0.1, -0.05) is 39.7 Å². The number of likely N-dealkylation sites (tertiary alicyclic amines) is 1. The summed E-state index contributed by atoms with van der Waals surface area (Å²) in [5, 5.41) is 0. The van der Waals surface area contributed by atoms with Gasteiger partial charge in [-0.2, -0.15) is 0 Å². The zero-order chi connectivity index (χ0) is 22.3. The Morgan fingerprint density at radius 2 is 1.83 bits per heavy atom. The van der Waals surface area contributed by atoms with Crippen LogP contribution >= 0.6 is 0 Å². The van der Waals surface area contributed by atoms with Gasteiger partial charge < -0.3 is 4.90 Å². The molecule has 2 fully saturated rings. The highest BCUT2D eigenvalue weighted by atomic mass is 32.2. The predicted molar refractivity (Wildman–Crippen MR) is 126 cm³/mol. The molecule has 4 rings (SSSR count). The lowest BCUT2D eigenvalue weighted by molar-refractivity contribution is -0.154. The molecular formula is C24H38BN2O2S. The van der Waals surface area contributed by atoms with Crippen LogP contribution in [0.15, 0.2) is 12.1 Å². The Morgan fingerprint density at radius 3 is 2.47 bits per heavy atom. The predicted octanol–water partition coefficient (Wildman–Crippen LogP) is 3.93. The molecule has 1 heterocycles. The lowest BCUT2D eigenvalue weighted by atomic mass is 9.36. The van der Waals surface area contributed by atoms with Crippen molar-refractivity contribution in [1.29, 1.82) is 0 Å². The summed E-state index contributed by atoms with van der Waals surface area (Å²) in [6.45, 7) is 15.8. The van der Waals surface area contributed by atoms with Crippen molar-refractivity contribution < 1.29 is 8.42 Å². The fraction of sp³-hybridized carbons (Fsp3) is 0.750. The molecule has 2 bridgehead atoms. The molecule has 4 nitrogen and oxygen atoms in total. The van der Waals surface area contributed by atoms with Gasteiger partial charge in [-0.3, -0.25) is 0 Å². The van der Waals surface area contributed by atoms with Crippen molar-refractivity contribution in [2.45, 2.75) is 84.6 Å². The van der Waals surface area contributed by atoms with Crippen molar-refractivity contribution in [3.05, 3.63) is 34.4 Å². The quantitative estimate of drug-likeness (QED) is 0.684. The molecule has 1 aliphatic heterocycles. The van der Waals surface area contributed by atoms with Gasteiger partial charge in [0.25, 0.3) is 6.56 Å². The van der Waals surface area contributed by atoms with E-state index < -0.39 is 9.87 Å². The van der Waals surface area contributed by atoms with Gasteiger partial charge in [-0.25, -0.2) is 12.7 Å². The van der Waals surface area contributed by atoms with E-state index in [1.807, 2.05) is 0 Å². The van der Waals surface area contributed by atoms with Crippen molar-refractivity contribution in [1.82, 2.24) is 9.21 Å². The zero-order valence-electron chi connectivity index (χ0n) is 20.0. The van der Waals surface area contributed by atoms with E-state index in [2.05, 4.69) is 58.7 Å². The first-order valence-electron chi connectivity index (χ1n) is 11.4. The molecule has 1 radical (unpaired) electrons. The largest absolute Gasteiger partial charge is 0.302 e. The molecule has 0 spiro atoms. The van der Waals surface area contributed by atoms with Gasteiger partial charge in [-0.15, -0.1) is 0 Å². The zero-order valence-corrected chi connectivity index (χ0v) is 20.9. The highest BCUT2D eigenvalue weighted by Crippen LogP contribution is 2.70. The molecule has 2 aliphatic carbocycles. The van der Waals surface area contributed by atoms with Crippen molar-refractivity contribution >= 4 is 16.4 Å². The SMILES string of the molecule is C[B]S(=O)(=O)N(C)C1CCC2(C)[C@H]3Cc4ccc(C)c(C)c4[C@@]2(CCN3C)C1(C)C. The topological polar surface area (TPSA) is 40.6 Å². The smallest absolute Gasteiger partial charge is 0.297 e. The molecule has 30 heavy (non-hydrogen) atoms. The fourth-order valence-corrected chi connectivity index (χ4v) is 9.07. The van der Waals surface area contributed by atoms with Gasteiger partial charge in [-0.05, 0) is 86.2 Å². The summed E-state index contributed by atoms with van der Waals surface area (Å²) in [4.78, 5) is 2.58. The van der Waals surface area contributed by atoms with E-state index >= 15 is 0 Å². The highest BCUT2D eigenvalue weighted by molar-refractivity contribution is 8.13. The van der Waals surface area contributed by atoms with Crippen LogP contribution in [0, 0.1) is 24.7 Å². The van der Waals surface area contributed by atoms with Gasteiger partial charge in [0.15, 0.2) is 9.87 Å². The Hall–Kier alpha value is -0.845. The molecule has 1 aromatic carbocycles. The molecule has 165 valence electrons. The van der Waals surface area contributed by atoms with Gasteiger partial charge in [0, 0.05) is 24.5 Å². The van der Waals surface area contributed by atoms with Crippen LogP contribution in [-0.4, -0.2) is 56.9 Å². The van der Waals surface area contributed by atoms with Crippen LogP contribution in [0.3, 0.4) is 0 Å². The Kier molecular flexibility index (Phi) is 5.08. The minimum atomic E-state index is -3.37. The normalized spacial score (nSPS) is 35.6. The maximum Gasteiger partial charge on any atom is 0.297 e. The van der Waals surface area contributed by atoms with Gasteiger partial charge in [0.1, 0.15) is 0 Å². The van der Waals surface area contributed by atoms with E-state index in [-0.39, 0.29) is 22.3 Å². The number of nitrogens with zero attached hydrogens (tertiary/aromatic N) is 2. The number of rotatable bonds is 3. The highest BCUT2D eigenvalue weighted by Gasteiger charge is 2.70. The Balaban J connectivity index is 2.01. The fourth-order valence-electron chi connectivity index (χ4n) is 8.01. The summed E-state index contributed by atoms with van der Waals surface area (Å²) >= 11 is 0. The minimum Gasteiger partial charge on any atom is -0.302 e. The van der Waals surface area contributed by atoms with E-state index in [0.717, 1.165) is 32.2 Å². The number of likely N-dealkylation sites (N-methyl/N-ethyl adjacent to an activating group) is 1. The van der Waals surface area contributed by atoms with Crippen LogP contribution in [0.1, 0.15) is 62.3 Å². The van der Waals surface area contributed by atoms with E-state index in [4.69, 9.17) is 0 Å². The maximum atomic E-state index is 12.9. The second-order valence-corrected chi connectivity index (χ2v) is 13.0. The molecule has 1 saturated carbocycles. The summed E-state index contributed by atoms with van der Waals surface area (Å²) in [5.41, 5.74) is 5.70. The van der Waals surface area contributed by atoms with Crippen LogP contribution in [0.2, 0.25) is 6.82 Å². The van der Waals surface area contributed by atoms with E-state index in [1.165, 1.54) is 28.8 Å². The third-order valence-electron chi connectivity index (χ3n) is 9.75. The number of hydrogen-bond acceptors (Lipinski definition) is 3. The van der Waals surface area contributed by atoms with Crippen LogP contribution in [-0.2, 0) is 21.7 Å². The van der Waals surface area contributed by atoms with E-state index in [0.29, 0.717) is 6.04 Å². The monoisotopic (exact) mass is 429 g/mol. The van der Waals surface area contributed by atoms with Crippen molar-refractivity contribution in [2.24, 2.45) is 10.8 Å². The number of piperidine rings is 1. The molecule has 4 atom stereocenters. The summed E-state index contributed by atoms with van der Waals surface area (Å²) in [6.07, 6.45) is 4.16. The molecular weight excluding hydrogens is 391 g/mol. The van der Waals surface area contributed by atoms with E-state index in [9.17, 15) is 8.42 Å². The van der Waals surface area contributed by atoms with Crippen LogP contribution in [0.25, 0.3) is 0 Å². The molecule has 1 aromatic rings. The average Bonchev–Trinajstić information content (AvgIpc) is 2.67.